The van der Waals surface area contributed by atoms with E-state index in [1.165, 1.54) is 25.7 Å². The molecule has 1 heterocycles. The van der Waals surface area contributed by atoms with E-state index in [1.54, 1.807) is 13.3 Å². The van der Waals surface area contributed by atoms with Crippen molar-refractivity contribution in [3.63, 3.8) is 0 Å². The average Bonchev–Trinajstić information content (AvgIpc) is 2.47. The first kappa shape index (κ1) is 14.2. The monoisotopic (exact) mass is 264 g/mol. The van der Waals surface area contributed by atoms with E-state index in [-0.39, 0.29) is 0 Å². The summed E-state index contributed by atoms with van der Waals surface area (Å²) in [5.41, 5.74) is 1.01. The van der Waals surface area contributed by atoms with E-state index in [9.17, 15) is 0 Å². The largest absolute Gasteiger partial charge is 0.467 e. The first-order chi connectivity index (χ1) is 9.24. The number of nitrogens with one attached hydrogen (secondary N) is 1. The molecule has 19 heavy (non-hydrogen) atoms. The molecule has 2 atom stereocenters. The Morgan fingerprint density at radius 2 is 2.21 bits per heavy atom. The van der Waals surface area contributed by atoms with E-state index in [0.717, 1.165) is 12.2 Å². The Kier molecular flexibility index (Phi) is 5.10. The molecule has 1 fully saturated rings. The topological polar surface area (TPSA) is 50.3 Å². The third kappa shape index (κ3) is 3.64. The van der Waals surface area contributed by atoms with E-state index >= 15 is 0 Å². The summed E-state index contributed by atoms with van der Waals surface area (Å²) in [6.45, 7) is 0.835. The number of aromatic nitrogens is 2. The van der Waals surface area contributed by atoms with E-state index in [2.05, 4.69) is 34.3 Å². The number of hydrogen-bond donors (Lipinski definition) is 1. The molecule has 0 spiro atoms. The summed E-state index contributed by atoms with van der Waals surface area (Å²) in [5, 5.41) is 3.44. The van der Waals surface area contributed by atoms with E-state index < -0.39 is 0 Å². The average molecular weight is 264 g/mol. The maximum absolute atomic E-state index is 5.07. The fourth-order valence-corrected chi connectivity index (χ4v) is 2.91. The first-order valence-electron chi connectivity index (χ1n) is 6.98. The van der Waals surface area contributed by atoms with Crippen molar-refractivity contribution >= 4 is 0 Å². The van der Waals surface area contributed by atoms with Gasteiger partial charge in [-0.3, -0.25) is 4.90 Å². The molecule has 0 saturated heterocycles. The SMILES string of the molecule is CNC1CCCCC1N(C)Cc1ccnc(OC)n1. The van der Waals surface area contributed by atoms with Crippen molar-refractivity contribution in [1.29, 1.82) is 0 Å². The summed E-state index contributed by atoms with van der Waals surface area (Å²) >= 11 is 0. The number of methoxy groups -OCH3 is 1. The van der Waals surface area contributed by atoms with Crippen LogP contribution in [0.3, 0.4) is 0 Å². The van der Waals surface area contributed by atoms with Gasteiger partial charge in [0, 0.05) is 24.8 Å². The molecule has 1 aromatic heterocycles. The zero-order chi connectivity index (χ0) is 13.7. The van der Waals surface area contributed by atoms with Gasteiger partial charge in [-0.05, 0) is 33.0 Å². The van der Waals surface area contributed by atoms with E-state index in [0.29, 0.717) is 18.1 Å². The number of rotatable bonds is 5. The van der Waals surface area contributed by atoms with Crippen molar-refractivity contribution in [3.8, 4) is 6.01 Å². The molecule has 106 valence electrons. The second-order valence-electron chi connectivity index (χ2n) is 5.20. The summed E-state index contributed by atoms with van der Waals surface area (Å²) in [6, 6.07) is 3.57. The van der Waals surface area contributed by atoms with Crippen LogP contribution in [0.5, 0.6) is 6.01 Å². The van der Waals surface area contributed by atoms with Crippen molar-refractivity contribution in [3.05, 3.63) is 18.0 Å². The second-order valence-corrected chi connectivity index (χ2v) is 5.20. The fourth-order valence-electron chi connectivity index (χ4n) is 2.91. The summed E-state index contributed by atoms with van der Waals surface area (Å²) in [5.74, 6) is 0. The highest BCUT2D eigenvalue weighted by atomic mass is 16.5. The van der Waals surface area contributed by atoms with Crippen LogP contribution >= 0.6 is 0 Å². The minimum atomic E-state index is 0.444. The van der Waals surface area contributed by atoms with Gasteiger partial charge < -0.3 is 10.1 Å². The molecule has 2 rings (SSSR count). The number of hydrogen-bond acceptors (Lipinski definition) is 5. The maximum Gasteiger partial charge on any atom is 0.316 e. The highest BCUT2D eigenvalue weighted by molar-refractivity contribution is 5.05. The van der Waals surface area contributed by atoms with Gasteiger partial charge in [-0.2, -0.15) is 4.98 Å². The highest BCUT2D eigenvalue weighted by Crippen LogP contribution is 2.23. The predicted molar refractivity (Wildman–Crippen MR) is 75.2 cm³/mol. The third-order valence-corrected chi connectivity index (χ3v) is 3.95. The molecule has 0 radical (unpaired) electrons. The van der Waals surface area contributed by atoms with Gasteiger partial charge in [-0.1, -0.05) is 12.8 Å². The molecule has 1 N–H and O–H groups in total. The lowest BCUT2D eigenvalue weighted by Crippen LogP contribution is -2.49. The minimum Gasteiger partial charge on any atom is -0.467 e. The molecule has 1 aliphatic carbocycles. The Balaban J connectivity index is 2.00. The number of ether oxygens (including phenoxy) is 1. The third-order valence-electron chi connectivity index (χ3n) is 3.95. The van der Waals surface area contributed by atoms with Gasteiger partial charge >= 0.3 is 6.01 Å². The molecular weight excluding hydrogens is 240 g/mol. The summed E-state index contributed by atoms with van der Waals surface area (Å²) in [6.07, 6.45) is 6.92. The van der Waals surface area contributed by atoms with Crippen LogP contribution in [0.25, 0.3) is 0 Å². The van der Waals surface area contributed by atoms with Crippen molar-refractivity contribution in [2.45, 2.75) is 44.3 Å². The predicted octanol–water partition coefficient (Wildman–Crippen LogP) is 1.45. The Hall–Kier alpha value is -1.20. The molecule has 5 heteroatoms. The van der Waals surface area contributed by atoms with Crippen molar-refractivity contribution in [2.24, 2.45) is 0 Å². The molecule has 1 aromatic rings. The van der Waals surface area contributed by atoms with Crippen LogP contribution in [0, 0.1) is 0 Å². The van der Waals surface area contributed by atoms with Crippen molar-refractivity contribution in [2.75, 3.05) is 21.2 Å². The Morgan fingerprint density at radius 3 is 2.95 bits per heavy atom. The quantitative estimate of drug-likeness (QED) is 0.872. The van der Waals surface area contributed by atoms with Crippen LogP contribution in [0.15, 0.2) is 12.3 Å². The number of likely N-dealkylation sites (N-methyl/N-ethyl adjacent to an activating group) is 2. The van der Waals surface area contributed by atoms with Crippen LogP contribution in [-0.2, 0) is 6.54 Å². The van der Waals surface area contributed by atoms with Crippen LogP contribution in [-0.4, -0.2) is 48.2 Å². The van der Waals surface area contributed by atoms with Crippen LogP contribution in [0.2, 0.25) is 0 Å². The van der Waals surface area contributed by atoms with Gasteiger partial charge in [0.05, 0.1) is 12.8 Å². The molecule has 0 amide bonds. The van der Waals surface area contributed by atoms with Gasteiger partial charge in [0.1, 0.15) is 0 Å². The van der Waals surface area contributed by atoms with Gasteiger partial charge in [0.15, 0.2) is 0 Å². The van der Waals surface area contributed by atoms with Crippen molar-refractivity contribution < 1.29 is 4.74 Å². The van der Waals surface area contributed by atoms with Crippen LogP contribution in [0.4, 0.5) is 0 Å². The lowest BCUT2D eigenvalue weighted by Gasteiger charge is -2.37. The summed E-state index contributed by atoms with van der Waals surface area (Å²) < 4.78 is 5.07. The van der Waals surface area contributed by atoms with E-state index in [4.69, 9.17) is 4.74 Å². The lowest BCUT2D eigenvalue weighted by atomic mass is 9.89. The maximum atomic E-state index is 5.07. The van der Waals surface area contributed by atoms with Crippen LogP contribution in [0.1, 0.15) is 31.4 Å². The zero-order valence-corrected chi connectivity index (χ0v) is 12.1. The van der Waals surface area contributed by atoms with Crippen molar-refractivity contribution in [1.82, 2.24) is 20.2 Å². The van der Waals surface area contributed by atoms with Crippen LogP contribution < -0.4 is 10.1 Å². The minimum absolute atomic E-state index is 0.444. The number of nitrogens with zero attached hydrogens (tertiary/aromatic N) is 3. The standard InChI is InChI=1S/C14H24N4O/c1-15-12-6-4-5-7-13(12)18(2)10-11-8-9-16-14(17-11)19-3/h8-9,12-13,15H,4-7,10H2,1-3H3. The fraction of sp³-hybridized carbons (Fsp3) is 0.714. The summed E-state index contributed by atoms with van der Waals surface area (Å²) in [7, 11) is 5.83. The Morgan fingerprint density at radius 1 is 1.42 bits per heavy atom. The zero-order valence-electron chi connectivity index (χ0n) is 12.1. The molecule has 1 aliphatic rings. The molecule has 0 aliphatic heterocycles. The van der Waals surface area contributed by atoms with Gasteiger partial charge in [-0.15, -0.1) is 0 Å². The highest BCUT2D eigenvalue weighted by Gasteiger charge is 2.27. The first-order valence-corrected chi connectivity index (χ1v) is 6.98. The second kappa shape index (κ2) is 6.82. The smallest absolute Gasteiger partial charge is 0.316 e. The van der Waals surface area contributed by atoms with Gasteiger partial charge in [-0.25, -0.2) is 4.98 Å². The normalized spacial score (nSPS) is 23.6. The lowest BCUT2D eigenvalue weighted by molar-refractivity contribution is 0.146. The van der Waals surface area contributed by atoms with Gasteiger partial charge in [0.2, 0.25) is 0 Å². The molecule has 1 saturated carbocycles. The Bertz CT molecular complexity index is 399. The molecule has 2 unspecified atom stereocenters. The van der Waals surface area contributed by atoms with Gasteiger partial charge in [0.25, 0.3) is 0 Å². The molecular formula is C14H24N4O. The van der Waals surface area contributed by atoms with E-state index in [1.807, 2.05) is 6.07 Å². The summed E-state index contributed by atoms with van der Waals surface area (Å²) in [4.78, 5) is 10.8. The molecule has 5 nitrogen and oxygen atoms in total. The Labute approximate surface area is 115 Å². The molecule has 0 bridgehead atoms. The molecule has 0 aromatic carbocycles.